The molecule has 0 N–H and O–H groups in total. The fourth-order valence-electron chi connectivity index (χ4n) is 4.40. The lowest BCUT2D eigenvalue weighted by Crippen LogP contribution is -1.84. The first kappa shape index (κ1) is 15.4. The molecule has 0 bridgehead atoms. The highest BCUT2D eigenvalue weighted by atomic mass is 14.6. The van der Waals surface area contributed by atoms with E-state index in [1.165, 1.54) is 49.7 Å². The summed E-state index contributed by atoms with van der Waals surface area (Å²) in [5.74, 6) is 0. The van der Waals surface area contributed by atoms with Gasteiger partial charge in [0.2, 0.25) is 0 Å². The summed E-state index contributed by atoms with van der Waals surface area (Å²) in [6.45, 7) is 0. The van der Waals surface area contributed by atoms with Gasteiger partial charge in [0.05, 0.1) is 0 Å². The van der Waals surface area contributed by atoms with Crippen molar-refractivity contribution >= 4 is 10.8 Å². The fraction of sp³-hybridized carbons (Fsp3) is 0. The molecule has 0 atom stereocenters. The normalized spacial score (nSPS) is 11.6. The van der Waals surface area contributed by atoms with Crippen LogP contribution in [0.4, 0.5) is 0 Å². The first-order valence-electron chi connectivity index (χ1n) is 9.56. The van der Waals surface area contributed by atoms with Gasteiger partial charge < -0.3 is 0 Å². The molecule has 130 valence electrons. The lowest BCUT2D eigenvalue weighted by molar-refractivity contribution is 1.33. The summed E-state index contributed by atoms with van der Waals surface area (Å²) in [5, 5.41) is 2.67. The average Bonchev–Trinajstić information content (AvgIpc) is 3.10. The van der Waals surface area contributed by atoms with Crippen molar-refractivity contribution in [1.29, 1.82) is 0 Å². The van der Waals surface area contributed by atoms with Crippen molar-refractivity contribution in [3.63, 3.8) is 0 Å². The van der Waals surface area contributed by atoms with Crippen LogP contribution in [0.2, 0.25) is 0 Å². The van der Waals surface area contributed by atoms with Crippen molar-refractivity contribution in [2.24, 2.45) is 0 Å². The first-order valence-corrected chi connectivity index (χ1v) is 9.56. The molecule has 0 aliphatic heterocycles. The lowest BCUT2D eigenvalue weighted by atomic mass is 9.94. The Labute approximate surface area is 163 Å². The van der Waals surface area contributed by atoms with E-state index < -0.39 is 0 Å². The Morgan fingerprint density at radius 3 is 2.00 bits per heavy atom. The van der Waals surface area contributed by atoms with Gasteiger partial charge in [-0.25, -0.2) is 0 Å². The summed E-state index contributed by atoms with van der Waals surface area (Å²) >= 11 is 0. The molecule has 1 aliphatic rings. The predicted molar refractivity (Wildman–Crippen MR) is 117 cm³/mol. The van der Waals surface area contributed by atoms with E-state index in [-0.39, 0.29) is 0 Å². The number of fused-ring (bicyclic) bond motifs is 3. The molecule has 1 aliphatic carbocycles. The van der Waals surface area contributed by atoms with E-state index in [2.05, 4.69) is 89.9 Å². The maximum Gasteiger partial charge on any atom is 0.0346 e. The summed E-state index contributed by atoms with van der Waals surface area (Å²) < 4.78 is 0. The van der Waals surface area contributed by atoms with Crippen LogP contribution < -0.4 is 0 Å². The van der Waals surface area contributed by atoms with E-state index in [1.54, 1.807) is 0 Å². The molecule has 0 saturated carbocycles. The number of aromatic nitrogens is 1. The number of hydrogen-bond donors (Lipinski definition) is 0. The summed E-state index contributed by atoms with van der Waals surface area (Å²) in [6, 6.07) is 32.8. The molecule has 0 amide bonds. The molecule has 0 radical (unpaired) electrons. The number of rotatable bonds is 2. The van der Waals surface area contributed by atoms with Crippen LogP contribution in [0.25, 0.3) is 55.3 Å². The molecule has 1 heterocycles. The second-order valence-electron chi connectivity index (χ2n) is 7.30. The van der Waals surface area contributed by atoms with E-state index in [0.717, 1.165) is 5.56 Å². The molecular weight excluding hydrogens is 338 g/mol. The Morgan fingerprint density at radius 2 is 1.18 bits per heavy atom. The molecule has 0 fully saturated rings. The van der Waals surface area contributed by atoms with Gasteiger partial charge in [0.15, 0.2) is 0 Å². The average molecular weight is 355 g/mol. The van der Waals surface area contributed by atoms with E-state index in [1.807, 2.05) is 18.5 Å². The molecule has 1 nitrogen and oxygen atoms in total. The van der Waals surface area contributed by atoms with Crippen LogP contribution >= 0.6 is 0 Å². The van der Waals surface area contributed by atoms with E-state index in [0.29, 0.717) is 0 Å². The minimum absolute atomic E-state index is 1.14. The largest absolute Gasteiger partial charge is 0.264 e. The Morgan fingerprint density at radius 1 is 0.464 bits per heavy atom. The Kier molecular flexibility index (Phi) is 3.24. The monoisotopic (exact) mass is 355 g/mol. The SMILES string of the molecule is c1cncc(-c2cccc(-c3cc4c5c(cccc5c3)-c3ccccc3-4)c2)c1. The highest BCUT2D eigenvalue weighted by Gasteiger charge is 2.21. The number of benzene rings is 4. The van der Waals surface area contributed by atoms with Crippen LogP contribution in [0.5, 0.6) is 0 Å². The van der Waals surface area contributed by atoms with Gasteiger partial charge in [0, 0.05) is 18.0 Å². The van der Waals surface area contributed by atoms with Crippen molar-refractivity contribution in [2.75, 3.05) is 0 Å². The molecule has 0 unspecified atom stereocenters. The van der Waals surface area contributed by atoms with Crippen LogP contribution in [-0.2, 0) is 0 Å². The van der Waals surface area contributed by atoms with Gasteiger partial charge in [-0.05, 0) is 74.0 Å². The minimum Gasteiger partial charge on any atom is -0.264 e. The van der Waals surface area contributed by atoms with Crippen LogP contribution in [0, 0.1) is 0 Å². The van der Waals surface area contributed by atoms with Gasteiger partial charge in [0.1, 0.15) is 0 Å². The zero-order valence-electron chi connectivity index (χ0n) is 15.3. The minimum atomic E-state index is 1.14. The number of nitrogens with zero attached hydrogens (tertiary/aromatic N) is 1. The molecule has 0 spiro atoms. The van der Waals surface area contributed by atoms with E-state index >= 15 is 0 Å². The van der Waals surface area contributed by atoms with Gasteiger partial charge in [-0.1, -0.05) is 66.7 Å². The zero-order valence-corrected chi connectivity index (χ0v) is 15.3. The Hall–Kier alpha value is -3.71. The highest BCUT2D eigenvalue weighted by molar-refractivity contribution is 6.16. The fourth-order valence-corrected chi connectivity index (χ4v) is 4.40. The summed E-state index contributed by atoms with van der Waals surface area (Å²) in [6.07, 6.45) is 3.73. The van der Waals surface area contributed by atoms with Crippen LogP contribution in [0.3, 0.4) is 0 Å². The van der Waals surface area contributed by atoms with Crippen LogP contribution in [0.15, 0.2) is 103 Å². The lowest BCUT2D eigenvalue weighted by Gasteiger charge is -2.10. The van der Waals surface area contributed by atoms with Gasteiger partial charge >= 0.3 is 0 Å². The molecule has 28 heavy (non-hydrogen) atoms. The van der Waals surface area contributed by atoms with Crippen LogP contribution in [-0.4, -0.2) is 4.98 Å². The molecule has 5 aromatic rings. The highest BCUT2D eigenvalue weighted by Crippen LogP contribution is 2.48. The molecule has 0 saturated heterocycles. The van der Waals surface area contributed by atoms with Crippen molar-refractivity contribution < 1.29 is 0 Å². The third-order valence-corrected chi connectivity index (χ3v) is 5.68. The van der Waals surface area contributed by atoms with Crippen molar-refractivity contribution in [1.82, 2.24) is 4.98 Å². The van der Waals surface area contributed by atoms with Gasteiger partial charge in [0.25, 0.3) is 0 Å². The maximum atomic E-state index is 4.26. The third kappa shape index (κ3) is 2.23. The van der Waals surface area contributed by atoms with Gasteiger partial charge in [-0.2, -0.15) is 0 Å². The Balaban J connectivity index is 1.58. The quantitative estimate of drug-likeness (QED) is 0.319. The van der Waals surface area contributed by atoms with Crippen LogP contribution in [0.1, 0.15) is 0 Å². The molecule has 6 rings (SSSR count). The number of hydrogen-bond acceptors (Lipinski definition) is 1. The smallest absolute Gasteiger partial charge is 0.0346 e. The molecule has 1 heteroatoms. The van der Waals surface area contributed by atoms with E-state index in [9.17, 15) is 0 Å². The maximum absolute atomic E-state index is 4.26. The predicted octanol–water partition coefficient (Wildman–Crippen LogP) is 7.22. The van der Waals surface area contributed by atoms with Gasteiger partial charge in [-0.3, -0.25) is 4.98 Å². The summed E-state index contributed by atoms with van der Waals surface area (Å²) in [5.41, 5.74) is 10.2. The Bertz CT molecular complexity index is 1350. The van der Waals surface area contributed by atoms with E-state index in [4.69, 9.17) is 0 Å². The van der Waals surface area contributed by atoms with Crippen molar-refractivity contribution in [3.05, 3.63) is 103 Å². The molecule has 1 aromatic heterocycles. The second-order valence-corrected chi connectivity index (χ2v) is 7.30. The topological polar surface area (TPSA) is 12.9 Å². The summed E-state index contributed by atoms with van der Waals surface area (Å²) in [4.78, 5) is 4.26. The second kappa shape index (κ2) is 5.90. The van der Waals surface area contributed by atoms with Crippen molar-refractivity contribution in [3.8, 4) is 44.5 Å². The third-order valence-electron chi connectivity index (χ3n) is 5.68. The zero-order chi connectivity index (χ0) is 18.5. The molecule has 4 aromatic carbocycles. The summed E-state index contributed by atoms with van der Waals surface area (Å²) in [7, 11) is 0. The van der Waals surface area contributed by atoms with Crippen molar-refractivity contribution in [2.45, 2.75) is 0 Å². The standard InChI is InChI=1S/C27H17N/c1-2-11-24-23(10-1)25-12-4-8-20-15-22(16-26(24)27(20)25)19-7-3-6-18(14-19)21-9-5-13-28-17-21/h1-17H. The molecular formula is C27H17N. The number of pyridine rings is 1. The first-order chi connectivity index (χ1) is 13.9. The van der Waals surface area contributed by atoms with Gasteiger partial charge in [-0.15, -0.1) is 0 Å².